The third kappa shape index (κ3) is 10.2. The molecule has 0 unspecified atom stereocenters. The first-order chi connectivity index (χ1) is 12.5. The van der Waals surface area contributed by atoms with E-state index in [0.717, 1.165) is 25.8 Å². The number of carboxylic acids is 2. The quantitative estimate of drug-likeness (QED) is 0.473. The van der Waals surface area contributed by atoms with Crippen LogP contribution in [0.5, 0.6) is 0 Å². The fraction of sp³-hybridized carbons (Fsp3) is 0.579. The van der Waals surface area contributed by atoms with E-state index in [1.54, 1.807) is 13.8 Å². The van der Waals surface area contributed by atoms with Gasteiger partial charge >= 0.3 is 11.9 Å². The van der Waals surface area contributed by atoms with Crippen molar-refractivity contribution in [2.75, 3.05) is 13.1 Å². The minimum atomic E-state index is -0.924. The zero-order valence-corrected chi connectivity index (χ0v) is 16.4. The Morgan fingerprint density at radius 3 is 1.82 bits per heavy atom. The summed E-state index contributed by atoms with van der Waals surface area (Å²) in [5, 5.41) is 19.5. The fourth-order valence-corrected chi connectivity index (χ4v) is 2.41. The van der Waals surface area contributed by atoms with Gasteiger partial charge in [0.15, 0.2) is 0 Å². The summed E-state index contributed by atoms with van der Waals surface area (Å²) in [5.41, 5.74) is 0.782. The van der Waals surface area contributed by atoms with Crippen molar-refractivity contribution >= 4 is 34.7 Å². The molecule has 0 spiro atoms. The van der Waals surface area contributed by atoms with Crippen molar-refractivity contribution in [3.63, 3.8) is 0 Å². The van der Waals surface area contributed by atoms with Crippen LogP contribution in [0, 0.1) is 0 Å². The van der Waals surface area contributed by atoms with Crippen LogP contribution in [-0.2, 0) is 19.2 Å². The minimum absolute atomic E-state index is 0. The number of allylic oxidation sites excluding steroid dienone is 1. The molecule has 0 aromatic rings. The Labute approximate surface area is 171 Å². The maximum atomic E-state index is 11.4. The summed E-state index contributed by atoms with van der Waals surface area (Å²) in [5.74, 6) is -1.89. The number of rotatable bonds is 4. The molecule has 28 heavy (non-hydrogen) atoms. The predicted molar refractivity (Wildman–Crippen MR) is 108 cm³/mol. The summed E-state index contributed by atoms with van der Waals surface area (Å²) < 4.78 is 0. The van der Waals surface area contributed by atoms with E-state index in [9.17, 15) is 19.2 Å². The van der Waals surface area contributed by atoms with Gasteiger partial charge in [0, 0.05) is 17.7 Å². The molecular weight excluding hydrogens is 388 g/mol. The minimum Gasteiger partial charge on any atom is -0.480 e. The molecule has 2 atom stereocenters. The molecule has 2 heterocycles. The number of nitrogens with one attached hydrogen (secondary N) is 1. The second-order valence-electron chi connectivity index (χ2n) is 6.32. The SMILES string of the molecule is C.C=C(C)C(=O)Cl.C=C(C)C(=O)N1CCC[C@@H]1C(=O)O.O=C(O)[C@H]1CCCN1. The van der Waals surface area contributed by atoms with Crippen LogP contribution in [-0.4, -0.2) is 63.4 Å². The van der Waals surface area contributed by atoms with Crippen molar-refractivity contribution in [1.82, 2.24) is 10.2 Å². The highest BCUT2D eigenvalue weighted by molar-refractivity contribution is 6.67. The number of nitrogens with zero attached hydrogens (tertiary/aromatic N) is 1. The number of aliphatic carboxylic acids is 2. The van der Waals surface area contributed by atoms with Gasteiger partial charge in [-0.15, -0.1) is 0 Å². The summed E-state index contributed by atoms with van der Waals surface area (Å²) in [6.45, 7) is 11.3. The second kappa shape index (κ2) is 13.9. The van der Waals surface area contributed by atoms with Crippen molar-refractivity contribution in [3.05, 3.63) is 24.3 Å². The average molecular weight is 419 g/mol. The molecule has 0 aromatic carbocycles. The Bertz CT molecular complexity index is 587. The van der Waals surface area contributed by atoms with Crippen LogP contribution in [0.4, 0.5) is 0 Å². The van der Waals surface area contributed by atoms with Gasteiger partial charge in [0.1, 0.15) is 12.1 Å². The highest BCUT2D eigenvalue weighted by Gasteiger charge is 2.33. The second-order valence-corrected chi connectivity index (χ2v) is 6.66. The first kappa shape index (κ1) is 28.0. The molecule has 8 nitrogen and oxygen atoms in total. The summed E-state index contributed by atoms with van der Waals surface area (Å²) in [4.78, 5) is 43.5. The van der Waals surface area contributed by atoms with Crippen molar-refractivity contribution < 1.29 is 29.4 Å². The van der Waals surface area contributed by atoms with Crippen LogP contribution in [0.1, 0.15) is 47.0 Å². The van der Waals surface area contributed by atoms with Crippen LogP contribution >= 0.6 is 11.6 Å². The highest BCUT2D eigenvalue weighted by Crippen LogP contribution is 2.19. The van der Waals surface area contributed by atoms with E-state index in [2.05, 4.69) is 18.5 Å². The monoisotopic (exact) mass is 418 g/mol. The van der Waals surface area contributed by atoms with Gasteiger partial charge in [0.2, 0.25) is 11.1 Å². The first-order valence-electron chi connectivity index (χ1n) is 8.49. The van der Waals surface area contributed by atoms with Crippen LogP contribution in [0.15, 0.2) is 24.3 Å². The average Bonchev–Trinajstić information content (AvgIpc) is 3.26. The van der Waals surface area contributed by atoms with Gasteiger partial charge in [-0.25, -0.2) is 4.79 Å². The molecule has 0 aromatic heterocycles. The lowest BCUT2D eigenvalue weighted by Gasteiger charge is -2.21. The zero-order valence-electron chi connectivity index (χ0n) is 15.7. The Kier molecular flexibility index (Phi) is 13.9. The molecule has 2 saturated heterocycles. The lowest BCUT2D eigenvalue weighted by molar-refractivity contribution is -0.146. The number of hydrogen-bond donors (Lipinski definition) is 3. The van der Waals surface area contributed by atoms with E-state index in [4.69, 9.17) is 21.8 Å². The van der Waals surface area contributed by atoms with Crippen molar-refractivity contribution in [2.45, 2.75) is 59.0 Å². The number of amides is 1. The third-order valence-electron chi connectivity index (χ3n) is 3.86. The summed E-state index contributed by atoms with van der Waals surface area (Å²) >= 11 is 4.87. The topological polar surface area (TPSA) is 124 Å². The molecular formula is C19H31ClN2O6. The Hall–Kier alpha value is -2.19. The van der Waals surface area contributed by atoms with Crippen LogP contribution in [0.3, 0.4) is 0 Å². The molecule has 1 amide bonds. The summed E-state index contributed by atoms with van der Waals surface area (Å²) in [6.07, 6.45) is 3.09. The van der Waals surface area contributed by atoms with Gasteiger partial charge in [0.05, 0.1) is 0 Å². The number of carbonyl (C=O) groups is 4. The standard InChI is InChI=1S/C9H13NO3.C5H9NO2.C4H5ClO.CH4/c1-6(2)8(11)10-5-3-4-7(10)9(12)13;7-5(8)4-2-1-3-6-4;1-3(2)4(5)6;/h7H,1,3-5H2,2H3,(H,12,13);4,6H,1-3H2,(H,7,8);1H2,2H3;1H4/t7-;4-;;/m11../s1. The number of carboxylic acid groups (broad SMARTS) is 2. The van der Waals surface area contributed by atoms with Gasteiger partial charge in [0.25, 0.3) is 0 Å². The zero-order chi connectivity index (χ0) is 21.1. The van der Waals surface area contributed by atoms with Gasteiger partial charge in [-0.3, -0.25) is 14.4 Å². The van der Waals surface area contributed by atoms with E-state index in [1.165, 1.54) is 4.90 Å². The molecule has 2 aliphatic rings. The number of carbonyl (C=O) groups excluding carboxylic acids is 2. The number of hydrogen-bond acceptors (Lipinski definition) is 5. The number of halogens is 1. The molecule has 2 fully saturated rings. The molecule has 0 bridgehead atoms. The van der Waals surface area contributed by atoms with Crippen LogP contribution in [0.2, 0.25) is 0 Å². The van der Waals surface area contributed by atoms with E-state index in [1.807, 2.05) is 0 Å². The normalized spacial score (nSPS) is 19.8. The Balaban J connectivity index is 0. The summed E-state index contributed by atoms with van der Waals surface area (Å²) in [7, 11) is 0. The van der Waals surface area contributed by atoms with Gasteiger partial charge in [-0.1, -0.05) is 20.6 Å². The first-order valence-corrected chi connectivity index (χ1v) is 8.87. The molecule has 0 aliphatic carbocycles. The molecule has 0 saturated carbocycles. The lowest BCUT2D eigenvalue weighted by atomic mass is 10.2. The number of likely N-dealkylation sites (tertiary alicyclic amines) is 1. The van der Waals surface area contributed by atoms with E-state index < -0.39 is 23.2 Å². The van der Waals surface area contributed by atoms with Crippen LogP contribution < -0.4 is 5.32 Å². The van der Waals surface area contributed by atoms with Crippen LogP contribution in [0.25, 0.3) is 0 Å². The molecule has 9 heteroatoms. The largest absolute Gasteiger partial charge is 0.480 e. The van der Waals surface area contributed by atoms with E-state index >= 15 is 0 Å². The van der Waals surface area contributed by atoms with Gasteiger partial charge in [-0.05, 0) is 57.7 Å². The van der Waals surface area contributed by atoms with Crippen molar-refractivity contribution in [3.8, 4) is 0 Å². The maximum absolute atomic E-state index is 11.4. The van der Waals surface area contributed by atoms with Gasteiger partial charge < -0.3 is 20.4 Å². The Morgan fingerprint density at radius 1 is 1.00 bits per heavy atom. The molecule has 2 aliphatic heterocycles. The molecule has 2 rings (SSSR count). The van der Waals surface area contributed by atoms with Crippen molar-refractivity contribution in [2.24, 2.45) is 0 Å². The van der Waals surface area contributed by atoms with E-state index in [0.29, 0.717) is 24.1 Å². The predicted octanol–water partition coefficient (Wildman–Crippen LogP) is 2.43. The fourth-order valence-electron chi connectivity index (χ4n) is 2.41. The third-order valence-corrected chi connectivity index (χ3v) is 4.18. The highest BCUT2D eigenvalue weighted by atomic mass is 35.5. The molecule has 0 radical (unpaired) electrons. The van der Waals surface area contributed by atoms with Crippen molar-refractivity contribution in [1.29, 1.82) is 0 Å². The maximum Gasteiger partial charge on any atom is 0.326 e. The Morgan fingerprint density at radius 2 is 1.54 bits per heavy atom. The summed E-state index contributed by atoms with van der Waals surface area (Å²) in [6, 6.07) is -0.917. The lowest BCUT2D eigenvalue weighted by Crippen LogP contribution is -2.40. The van der Waals surface area contributed by atoms with Gasteiger partial charge in [-0.2, -0.15) is 0 Å². The molecule has 160 valence electrons. The molecule has 3 N–H and O–H groups in total. The van der Waals surface area contributed by atoms with E-state index in [-0.39, 0.29) is 19.4 Å². The smallest absolute Gasteiger partial charge is 0.326 e.